The first-order valence-corrected chi connectivity index (χ1v) is 6.62. The molecule has 0 saturated heterocycles. The smallest absolute Gasteiger partial charge is 0.139 e. The summed E-state index contributed by atoms with van der Waals surface area (Å²) in [7, 11) is 0. The fraction of sp³-hybridized carbons (Fsp3) is 0.286. The van der Waals surface area contributed by atoms with Gasteiger partial charge in [0.15, 0.2) is 0 Å². The highest BCUT2D eigenvalue weighted by molar-refractivity contribution is 7.07. The van der Waals surface area contributed by atoms with Gasteiger partial charge in [0.2, 0.25) is 0 Å². The van der Waals surface area contributed by atoms with Crippen LogP contribution in [-0.2, 0) is 0 Å². The van der Waals surface area contributed by atoms with Crippen LogP contribution in [0.5, 0.6) is 5.75 Å². The lowest BCUT2D eigenvalue weighted by molar-refractivity contribution is 0.181. The van der Waals surface area contributed by atoms with Gasteiger partial charge in [-0.25, -0.2) is 0 Å². The van der Waals surface area contributed by atoms with Crippen molar-refractivity contribution in [1.29, 1.82) is 0 Å². The molecule has 0 amide bonds. The highest BCUT2D eigenvalue weighted by Crippen LogP contribution is 2.26. The van der Waals surface area contributed by atoms with Crippen molar-refractivity contribution in [1.82, 2.24) is 0 Å². The summed E-state index contributed by atoms with van der Waals surface area (Å²) in [5.41, 5.74) is 8.33. The highest BCUT2D eigenvalue weighted by atomic mass is 32.1. The fourth-order valence-electron chi connectivity index (χ4n) is 1.75. The molecule has 0 aliphatic carbocycles. The summed E-state index contributed by atoms with van der Waals surface area (Å²) in [4.78, 5) is 0. The number of benzene rings is 1. The zero-order valence-electron chi connectivity index (χ0n) is 10.1. The number of rotatable bonds is 4. The maximum Gasteiger partial charge on any atom is 0.139 e. The van der Waals surface area contributed by atoms with Crippen LogP contribution in [0.15, 0.2) is 41.1 Å². The second-order valence-electron chi connectivity index (χ2n) is 4.27. The molecule has 0 spiro atoms. The van der Waals surface area contributed by atoms with Gasteiger partial charge >= 0.3 is 0 Å². The third-order valence-electron chi connectivity index (χ3n) is 2.60. The van der Waals surface area contributed by atoms with Crippen molar-refractivity contribution in [3.63, 3.8) is 0 Å². The van der Waals surface area contributed by atoms with Crippen LogP contribution >= 0.6 is 11.3 Å². The van der Waals surface area contributed by atoms with E-state index in [4.69, 9.17) is 10.5 Å². The third kappa shape index (κ3) is 3.08. The molecule has 0 aliphatic heterocycles. The van der Waals surface area contributed by atoms with Gasteiger partial charge in [-0.2, -0.15) is 11.3 Å². The number of hydrogen-bond acceptors (Lipinski definition) is 3. The minimum Gasteiger partial charge on any atom is -0.484 e. The Hall–Kier alpha value is -1.32. The lowest BCUT2D eigenvalue weighted by Gasteiger charge is -2.22. The van der Waals surface area contributed by atoms with Gasteiger partial charge in [0, 0.05) is 11.6 Å². The minimum atomic E-state index is -0.0805. The molecule has 1 aromatic carbocycles. The lowest BCUT2D eigenvalue weighted by Crippen LogP contribution is -2.28. The van der Waals surface area contributed by atoms with Crippen LogP contribution in [-0.4, -0.2) is 6.04 Å². The normalized spacial score (nSPS) is 14.3. The Labute approximate surface area is 106 Å². The van der Waals surface area contributed by atoms with Gasteiger partial charge in [-0.1, -0.05) is 12.1 Å². The molecule has 2 aromatic rings. The molecule has 2 N–H and O–H groups in total. The average molecular weight is 247 g/mol. The number of hydrogen-bond donors (Lipinski definition) is 1. The minimum absolute atomic E-state index is 0.0369. The summed E-state index contributed by atoms with van der Waals surface area (Å²) in [6.07, 6.45) is -0.0805. The molecule has 2 atom stereocenters. The van der Waals surface area contributed by atoms with Crippen LogP contribution in [0.25, 0.3) is 0 Å². The van der Waals surface area contributed by atoms with Crippen LogP contribution in [0.3, 0.4) is 0 Å². The second kappa shape index (κ2) is 5.34. The van der Waals surface area contributed by atoms with Gasteiger partial charge in [0.1, 0.15) is 11.9 Å². The molecule has 1 aromatic heterocycles. The maximum atomic E-state index is 5.99. The van der Waals surface area contributed by atoms with Gasteiger partial charge in [-0.05, 0) is 48.4 Å². The standard InChI is InChI=1S/C14H17NOS/c1-10-4-3-5-13(8-10)16-14(11(2)15)12-6-7-17-9-12/h3-9,11,14H,15H2,1-2H3. The van der Waals surface area contributed by atoms with Crippen molar-refractivity contribution in [2.24, 2.45) is 5.73 Å². The Morgan fingerprint density at radius 1 is 1.29 bits per heavy atom. The highest BCUT2D eigenvalue weighted by Gasteiger charge is 2.18. The van der Waals surface area contributed by atoms with E-state index in [-0.39, 0.29) is 12.1 Å². The van der Waals surface area contributed by atoms with Gasteiger partial charge in [0.05, 0.1) is 0 Å². The predicted molar refractivity (Wildman–Crippen MR) is 72.5 cm³/mol. The van der Waals surface area contributed by atoms with E-state index in [1.807, 2.05) is 30.5 Å². The molecule has 0 saturated carbocycles. The summed E-state index contributed by atoms with van der Waals surface area (Å²) >= 11 is 1.66. The van der Waals surface area contributed by atoms with Crippen LogP contribution in [0.1, 0.15) is 24.2 Å². The van der Waals surface area contributed by atoms with Crippen LogP contribution < -0.4 is 10.5 Å². The Morgan fingerprint density at radius 3 is 2.71 bits per heavy atom. The van der Waals surface area contributed by atoms with Crippen LogP contribution in [0.2, 0.25) is 0 Å². The van der Waals surface area contributed by atoms with E-state index < -0.39 is 0 Å². The molecule has 2 rings (SSSR count). The first-order chi connectivity index (χ1) is 8.16. The monoisotopic (exact) mass is 247 g/mol. The molecule has 0 fully saturated rings. The molecule has 90 valence electrons. The molecule has 0 bridgehead atoms. The quantitative estimate of drug-likeness (QED) is 0.897. The third-order valence-corrected chi connectivity index (χ3v) is 3.30. The maximum absolute atomic E-state index is 5.99. The van der Waals surface area contributed by atoms with E-state index in [9.17, 15) is 0 Å². The number of nitrogens with two attached hydrogens (primary N) is 1. The van der Waals surface area contributed by atoms with Crippen molar-refractivity contribution in [3.05, 3.63) is 52.2 Å². The molecular formula is C14H17NOS. The first-order valence-electron chi connectivity index (χ1n) is 5.68. The first kappa shape index (κ1) is 12.1. The number of ether oxygens (including phenoxy) is 1. The summed E-state index contributed by atoms with van der Waals surface area (Å²) < 4.78 is 5.98. The van der Waals surface area contributed by atoms with Crippen molar-refractivity contribution < 1.29 is 4.74 Å². The fourth-order valence-corrected chi connectivity index (χ4v) is 2.44. The van der Waals surface area contributed by atoms with Crippen molar-refractivity contribution >= 4 is 11.3 Å². The van der Waals surface area contributed by atoms with Gasteiger partial charge in [-0.3, -0.25) is 0 Å². The Balaban J connectivity index is 2.19. The molecular weight excluding hydrogens is 230 g/mol. The Kier molecular flexibility index (Phi) is 3.82. The van der Waals surface area contributed by atoms with Crippen molar-refractivity contribution in [2.45, 2.75) is 26.0 Å². The van der Waals surface area contributed by atoms with Gasteiger partial charge in [-0.15, -0.1) is 0 Å². The Morgan fingerprint density at radius 2 is 2.12 bits per heavy atom. The number of thiophene rings is 1. The van der Waals surface area contributed by atoms with E-state index >= 15 is 0 Å². The van der Waals surface area contributed by atoms with E-state index in [0.717, 1.165) is 11.3 Å². The second-order valence-corrected chi connectivity index (χ2v) is 5.05. The molecule has 0 aliphatic rings. The summed E-state index contributed by atoms with van der Waals surface area (Å²) in [6.45, 7) is 4.02. The van der Waals surface area contributed by atoms with E-state index in [2.05, 4.69) is 24.4 Å². The molecule has 3 heteroatoms. The average Bonchev–Trinajstić information content (AvgIpc) is 2.78. The lowest BCUT2D eigenvalue weighted by atomic mass is 10.1. The molecule has 2 nitrogen and oxygen atoms in total. The van der Waals surface area contributed by atoms with Gasteiger partial charge < -0.3 is 10.5 Å². The zero-order chi connectivity index (χ0) is 12.3. The van der Waals surface area contributed by atoms with Crippen molar-refractivity contribution in [2.75, 3.05) is 0 Å². The molecule has 1 heterocycles. The topological polar surface area (TPSA) is 35.2 Å². The SMILES string of the molecule is Cc1cccc(OC(c2ccsc2)C(C)N)c1. The number of aryl methyl sites for hydroxylation is 1. The van der Waals surface area contributed by atoms with Crippen LogP contribution in [0, 0.1) is 6.92 Å². The summed E-state index contributed by atoms with van der Waals surface area (Å²) in [5.74, 6) is 0.874. The summed E-state index contributed by atoms with van der Waals surface area (Å²) in [6, 6.07) is 10.1. The van der Waals surface area contributed by atoms with E-state index in [1.54, 1.807) is 11.3 Å². The Bertz CT molecular complexity index is 465. The van der Waals surface area contributed by atoms with E-state index in [1.165, 1.54) is 5.56 Å². The summed E-state index contributed by atoms with van der Waals surface area (Å²) in [5, 5.41) is 4.13. The van der Waals surface area contributed by atoms with E-state index in [0.29, 0.717) is 0 Å². The zero-order valence-corrected chi connectivity index (χ0v) is 10.9. The van der Waals surface area contributed by atoms with Crippen LogP contribution in [0.4, 0.5) is 0 Å². The molecule has 17 heavy (non-hydrogen) atoms. The van der Waals surface area contributed by atoms with Crippen molar-refractivity contribution in [3.8, 4) is 5.75 Å². The predicted octanol–water partition coefficient (Wildman–Crippen LogP) is 3.52. The molecule has 0 radical (unpaired) electrons. The largest absolute Gasteiger partial charge is 0.484 e. The molecule has 2 unspecified atom stereocenters. The van der Waals surface area contributed by atoms with Gasteiger partial charge in [0.25, 0.3) is 0 Å².